The number of hydrogen-bond acceptors (Lipinski definition) is 5. The molecule has 0 fully saturated rings. The molecule has 1 aromatic heterocycles. The van der Waals surface area contributed by atoms with Crippen molar-refractivity contribution in [1.82, 2.24) is 9.97 Å². The second-order valence-corrected chi connectivity index (χ2v) is 5.84. The number of hydrogen-bond donors (Lipinski definition) is 1. The van der Waals surface area contributed by atoms with Gasteiger partial charge in [0.15, 0.2) is 4.77 Å². The molecule has 0 aliphatic rings. The highest BCUT2D eigenvalue weighted by atomic mass is 32.1. The van der Waals surface area contributed by atoms with Crippen LogP contribution in [0.1, 0.15) is 17.3 Å². The summed E-state index contributed by atoms with van der Waals surface area (Å²) in [6, 6.07) is 16.8. The van der Waals surface area contributed by atoms with Crippen LogP contribution in [0.5, 0.6) is 5.75 Å². The van der Waals surface area contributed by atoms with Gasteiger partial charge in [0.1, 0.15) is 11.3 Å². The van der Waals surface area contributed by atoms with Crippen molar-refractivity contribution in [1.29, 1.82) is 0 Å². The molecule has 0 amide bonds. The highest BCUT2D eigenvalue weighted by Gasteiger charge is 2.22. The van der Waals surface area contributed by atoms with Crippen molar-refractivity contribution in [2.75, 3.05) is 13.7 Å². The van der Waals surface area contributed by atoms with Crippen molar-refractivity contribution in [2.24, 2.45) is 0 Å². The lowest BCUT2D eigenvalue weighted by atomic mass is 10.00. The van der Waals surface area contributed by atoms with Gasteiger partial charge in [-0.3, -0.25) is 0 Å². The van der Waals surface area contributed by atoms with Gasteiger partial charge in [-0.25, -0.2) is 9.78 Å². The van der Waals surface area contributed by atoms with Gasteiger partial charge in [0.25, 0.3) is 0 Å². The van der Waals surface area contributed by atoms with E-state index >= 15 is 0 Å². The second kappa shape index (κ2) is 7.93. The van der Waals surface area contributed by atoms with Crippen LogP contribution in [-0.4, -0.2) is 29.7 Å². The Kier molecular flexibility index (Phi) is 5.43. The molecule has 0 bridgehead atoms. The van der Waals surface area contributed by atoms with Gasteiger partial charge in [0.05, 0.1) is 25.1 Å². The van der Waals surface area contributed by atoms with Crippen molar-refractivity contribution >= 4 is 18.2 Å². The van der Waals surface area contributed by atoms with Crippen molar-refractivity contribution < 1.29 is 14.3 Å². The number of ether oxygens (including phenoxy) is 2. The van der Waals surface area contributed by atoms with Crippen LogP contribution in [0.3, 0.4) is 0 Å². The molecule has 3 aromatic rings. The van der Waals surface area contributed by atoms with E-state index in [1.807, 2.05) is 54.6 Å². The third kappa shape index (κ3) is 3.65. The van der Waals surface area contributed by atoms with E-state index < -0.39 is 5.97 Å². The van der Waals surface area contributed by atoms with Crippen LogP contribution >= 0.6 is 12.2 Å². The van der Waals surface area contributed by atoms with Crippen molar-refractivity contribution in [3.63, 3.8) is 0 Å². The molecule has 0 aliphatic heterocycles. The average Bonchev–Trinajstić information content (AvgIpc) is 2.68. The highest BCUT2D eigenvalue weighted by molar-refractivity contribution is 7.71. The first-order chi connectivity index (χ1) is 12.6. The molecule has 6 heteroatoms. The van der Waals surface area contributed by atoms with Crippen LogP contribution in [0.25, 0.3) is 22.5 Å². The van der Waals surface area contributed by atoms with E-state index in [0.29, 0.717) is 21.7 Å². The van der Waals surface area contributed by atoms with E-state index in [2.05, 4.69) is 9.97 Å². The van der Waals surface area contributed by atoms with Gasteiger partial charge in [0.2, 0.25) is 0 Å². The number of esters is 1. The average molecular weight is 366 g/mol. The maximum Gasteiger partial charge on any atom is 0.342 e. The summed E-state index contributed by atoms with van der Waals surface area (Å²) in [5.41, 5.74) is 3.02. The van der Waals surface area contributed by atoms with Crippen LogP contribution in [0.15, 0.2) is 54.6 Å². The third-order valence-electron chi connectivity index (χ3n) is 3.84. The van der Waals surface area contributed by atoms with Crippen molar-refractivity contribution in [2.45, 2.75) is 6.92 Å². The number of nitrogens with one attached hydrogen (secondary N) is 1. The number of aromatic amines is 1. The van der Waals surface area contributed by atoms with Gasteiger partial charge in [-0.1, -0.05) is 30.3 Å². The zero-order valence-electron chi connectivity index (χ0n) is 14.5. The minimum absolute atomic E-state index is 0.269. The predicted octanol–water partition coefficient (Wildman–Crippen LogP) is 4.66. The molecule has 0 saturated heterocycles. The Balaban J connectivity index is 2.27. The number of nitrogens with zero attached hydrogens (tertiary/aromatic N) is 1. The largest absolute Gasteiger partial charge is 0.497 e. The molecule has 26 heavy (non-hydrogen) atoms. The van der Waals surface area contributed by atoms with E-state index in [9.17, 15) is 4.79 Å². The molecule has 0 atom stereocenters. The van der Waals surface area contributed by atoms with Gasteiger partial charge >= 0.3 is 5.97 Å². The molecule has 1 heterocycles. The molecular formula is C20H18N2O3S. The number of rotatable bonds is 5. The zero-order chi connectivity index (χ0) is 18.5. The molecule has 0 spiro atoms. The number of carbonyl (C=O) groups is 1. The number of carbonyl (C=O) groups excluding carboxylic acids is 1. The minimum Gasteiger partial charge on any atom is -0.497 e. The Labute approximate surface area is 156 Å². The smallest absolute Gasteiger partial charge is 0.342 e. The molecule has 2 aromatic carbocycles. The van der Waals surface area contributed by atoms with Gasteiger partial charge in [-0.15, -0.1) is 0 Å². The van der Waals surface area contributed by atoms with Crippen LogP contribution in [0.2, 0.25) is 0 Å². The van der Waals surface area contributed by atoms with Crippen LogP contribution in [0, 0.1) is 4.77 Å². The summed E-state index contributed by atoms with van der Waals surface area (Å²) < 4.78 is 10.8. The lowest BCUT2D eigenvalue weighted by Crippen LogP contribution is -2.11. The summed E-state index contributed by atoms with van der Waals surface area (Å²) in [4.78, 5) is 20.2. The molecule has 3 rings (SSSR count). The van der Waals surface area contributed by atoms with E-state index in [1.54, 1.807) is 14.0 Å². The van der Waals surface area contributed by atoms with Crippen LogP contribution < -0.4 is 4.74 Å². The Morgan fingerprint density at radius 3 is 2.38 bits per heavy atom. The molecule has 0 aliphatic carbocycles. The van der Waals surface area contributed by atoms with Gasteiger partial charge in [0, 0.05) is 5.56 Å². The normalized spacial score (nSPS) is 10.4. The summed E-state index contributed by atoms with van der Waals surface area (Å²) in [5, 5.41) is 0. The molecule has 0 saturated carbocycles. The summed E-state index contributed by atoms with van der Waals surface area (Å²) in [7, 11) is 1.60. The summed E-state index contributed by atoms with van der Waals surface area (Å²) in [6.07, 6.45) is 0. The van der Waals surface area contributed by atoms with E-state index in [-0.39, 0.29) is 6.61 Å². The number of methoxy groups -OCH3 is 1. The Morgan fingerprint density at radius 2 is 1.77 bits per heavy atom. The summed E-state index contributed by atoms with van der Waals surface area (Å²) >= 11 is 5.30. The topological polar surface area (TPSA) is 64.2 Å². The fourth-order valence-electron chi connectivity index (χ4n) is 2.65. The Hall–Kier alpha value is -2.99. The Morgan fingerprint density at radius 1 is 1.08 bits per heavy atom. The van der Waals surface area contributed by atoms with Gasteiger partial charge in [-0.05, 0) is 49.0 Å². The monoisotopic (exact) mass is 366 g/mol. The number of benzene rings is 2. The maximum absolute atomic E-state index is 12.7. The summed E-state index contributed by atoms with van der Waals surface area (Å²) in [6.45, 7) is 2.04. The fourth-order valence-corrected chi connectivity index (χ4v) is 2.85. The molecule has 132 valence electrons. The first-order valence-electron chi connectivity index (χ1n) is 8.15. The van der Waals surface area contributed by atoms with E-state index in [0.717, 1.165) is 16.9 Å². The van der Waals surface area contributed by atoms with Crippen molar-refractivity contribution in [3.8, 4) is 28.3 Å². The van der Waals surface area contributed by atoms with E-state index in [4.69, 9.17) is 21.7 Å². The molecule has 0 radical (unpaired) electrons. The van der Waals surface area contributed by atoms with Gasteiger partial charge < -0.3 is 14.5 Å². The standard InChI is InChI=1S/C20H18N2O3S/c1-3-25-19(23)16-17(13-7-5-4-6-8-13)21-20(26)22-18(16)14-9-11-15(24-2)12-10-14/h4-12H,3H2,1-2H3,(H,21,22,26). The minimum atomic E-state index is -0.448. The van der Waals surface area contributed by atoms with Gasteiger partial charge in [-0.2, -0.15) is 0 Å². The summed E-state index contributed by atoms with van der Waals surface area (Å²) in [5.74, 6) is 0.276. The lowest BCUT2D eigenvalue weighted by Gasteiger charge is -2.14. The number of H-pyrrole nitrogens is 1. The molecule has 0 unspecified atom stereocenters. The predicted molar refractivity (Wildman–Crippen MR) is 103 cm³/mol. The first-order valence-corrected chi connectivity index (χ1v) is 8.56. The highest BCUT2D eigenvalue weighted by Crippen LogP contribution is 2.31. The maximum atomic E-state index is 12.7. The SMILES string of the molecule is CCOC(=O)c1c(-c2ccccc2)nc(=S)[nH]c1-c1ccc(OC)cc1. The second-order valence-electron chi connectivity index (χ2n) is 5.46. The van der Waals surface area contributed by atoms with E-state index in [1.165, 1.54) is 0 Å². The van der Waals surface area contributed by atoms with Crippen LogP contribution in [0.4, 0.5) is 0 Å². The van der Waals surface area contributed by atoms with Crippen molar-refractivity contribution in [3.05, 3.63) is 64.9 Å². The molecule has 5 nitrogen and oxygen atoms in total. The molecule has 1 N–H and O–H groups in total. The third-order valence-corrected chi connectivity index (χ3v) is 4.03. The first kappa shape index (κ1) is 17.8. The molecular weight excluding hydrogens is 348 g/mol. The Bertz CT molecular complexity index is 967. The lowest BCUT2D eigenvalue weighted by molar-refractivity contribution is 0.0527. The quantitative estimate of drug-likeness (QED) is 0.526. The zero-order valence-corrected chi connectivity index (χ0v) is 15.3. The van der Waals surface area contributed by atoms with Crippen LogP contribution in [-0.2, 0) is 4.74 Å². The number of aromatic nitrogens is 2. The fraction of sp³-hybridized carbons (Fsp3) is 0.150.